The summed E-state index contributed by atoms with van der Waals surface area (Å²) < 4.78 is 7.19. The molecule has 0 radical (unpaired) electrons. The Kier molecular flexibility index (Phi) is 3.00. The minimum Gasteiger partial charge on any atom is -0.437 e. The van der Waals surface area contributed by atoms with E-state index in [4.69, 9.17) is 4.74 Å². The number of rotatable bonds is 4. The van der Waals surface area contributed by atoms with Crippen LogP contribution in [0.2, 0.25) is 0 Å². The monoisotopic (exact) mass is 216 g/mol. The quantitative estimate of drug-likeness (QED) is 0.737. The summed E-state index contributed by atoms with van der Waals surface area (Å²) in [6.07, 6.45) is 2.42. The average molecular weight is 216 g/mol. The summed E-state index contributed by atoms with van der Waals surface area (Å²) in [5, 5.41) is 4.16. The van der Waals surface area contributed by atoms with E-state index in [1.165, 1.54) is 0 Å². The predicted molar refractivity (Wildman–Crippen MR) is 59.8 cm³/mol. The van der Waals surface area contributed by atoms with Crippen molar-refractivity contribution in [2.45, 2.75) is 13.5 Å². The van der Waals surface area contributed by atoms with Crippen LogP contribution in [0.15, 0.2) is 36.5 Å². The van der Waals surface area contributed by atoms with Gasteiger partial charge in [0.25, 0.3) is 0 Å². The molecule has 0 bridgehead atoms. The van der Waals surface area contributed by atoms with Gasteiger partial charge >= 0.3 is 0 Å². The number of hydrogen-bond donors (Lipinski definition) is 0. The molecule has 0 aliphatic heterocycles. The molecular weight excluding hydrogens is 204 g/mol. The second-order valence-corrected chi connectivity index (χ2v) is 3.28. The van der Waals surface area contributed by atoms with Gasteiger partial charge in [0.15, 0.2) is 6.29 Å². The van der Waals surface area contributed by atoms with Crippen molar-refractivity contribution < 1.29 is 9.53 Å². The summed E-state index contributed by atoms with van der Waals surface area (Å²) in [4.78, 5) is 10.8. The number of carbonyl (C=O) groups is 1. The molecular formula is C12H12N2O2. The molecule has 0 amide bonds. The average Bonchev–Trinajstić information content (AvgIpc) is 2.73. The minimum absolute atomic E-state index is 0.350. The molecule has 2 aromatic rings. The van der Waals surface area contributed by atoms with Crippen molar-refractivity contribution in [1.82, 2.24) is 9.78 Å². The lowest BCUT2D eigenvalue weighted by molar-refractivity contribution is 0.112. The molecule has 1 aromatic carbocycles. The van der Waals surface area contributed by atoms with Crippen LogP contribution in [0.1, 0.15) is 17.3 Å². The number of aromatic nitrogens is 2. The van der Waals surface area contributed by atoms with Crippen LogP contribution in [-0.2, 0) is 6.54 Å². The molecule has 0 spiro atoms. The van der Waals surface area contributed by atoms with Crippen molar-refractivity contribution in [1.29, 1.82) is 0 Å². The van der Waals surface area contributed by atoms with Gasteiger partial charge in [0, 0.05) is 12.7 Å². The number of nitrogens with zero attached hydrogens (tertiary/aromatic N) is 2. The Hall–Kier alpha value is -2.10. The number of ether oxygens (including phenoxy) is 1. The van der Waals surface area contributed by atoms with E-state index >= 15 is 0 Å². The van der Waals surface area contributed by atoms with Crippen LogP contribution in [-0.4, -0.2) is 16.1 Å². The molecule has 4 nitrogen and oxygen atoms in total. The Bertz CT molecular complexity index is 477. The Morgan fingerprint density at radius 1 is 1.38 bits per heavy atom. The van der Waals surface area contributed by atoms with Gasteiger partial charge < -0.3 is 4.74 Å². The minimum atomic E-state index is 0.350. The van der Waals surface area contributed by atoms with Crippen molar-refractivity contribution in [2.24, 2.45) is 0 Å². The van der Waals surface area contributed by atoms with E-state index in [9.17, 15) is 4.79 Å². The zero-order valence-corrected chi connectivity index (χ0v) is 8.96. The highest BCUT2D eigenvalue weighted by molar-refractivity contribution is 5.77. The van der Waals surface area contributed by atoms with Gasteiger partial charge in [-0.05, 0) is 19.1 Å². The summed E-state index contributed by atoms with van der Waals surface area (Å²) >= 11 is 0. The summed E-state index contributed by atoms with van der Waals surface area (Å²) in [7, 11) is 0. The first-order valence-electron chi connectivity index (χ1n) is 5.09. The lowest BCUT2D eigenvalue weighted by atomic mass is 10.3. The highest BCUT2D eigenvalue weighted by Crippen LogP contribution is 2.21. The van der Waals surface area contributed by atoms with Crippen LogP contribution >= 0.6 is 0 Å². The van der Waals surface area contributed by atoms with Crippen molar-refractivity contribution in [3.05, 3.63) is 42.1 Å². The van der Waals surface area contributed by atoms with E-state index in [-0.39, 0.29) is 0 Å². The number of para-hydroxylation sites is 1. The maximum absolute atomic E-state index is 10.8. The van der Waals surface area contributed by atoms with Crippen molar-refractivity contribution in [3.63, 3.8) is 0 Å². The van der Waals surface area contributed by atoms with Gasteiger partial charge in [-0.2, -0.15) is 0 Å². The molecule has 1 heterocycles. The van der Waals surface area contributed by atoms with Crippen LogP contribution in [0.25, 0.3) is 0 Å². The zero-order chi connectivity index (χ0) is 11.4. The van der Waals surface area contributed by atoms with E-state index in [0.717, 1.165) is 6.29 Å². The first-order chi connectivity index (χ1) is 7.83. The predicted octanol–water partition coefficient (Wildman–Crippen LogP) is 2.51. The van der Waals surface area contributed by atoms with Gasteiger partial charge in [-0.15, -0.1) is 5.10 Å². The molecule has 16 heavy (non-hydrogen) atoms. The molecule has 0 aliphatic rings. The first kappa shape index (κ1) is 10.4. The third-order valence-electron chi connectivity index (χ3n) is 2.16. The van der Waals surface area contributed by atoms with E-state index in [1.54, 1.807) is 10.9 Å². The number of hydrogen-bond acceptors (Lipinski definition) is 3. The van der Waals surface area contributed by atoms with E-state index in [0.29, 0.717) is 23.7 Å². The van der Waals surface area contributed by atoms with Crippen molar-refractivity contribution in [2.75, 3.05) is 0 Å². The lowest BCUT2D eigenvalue weighted by Crippen LogP contribution is -1.94. The summed E-state index contributed by atoms with van der Waals surface area (Å²) in [5.74, 6) is 1.02. The Morgan fingerprint density at radius 2 is 2.12 bits per heavy atom. The SMILES string of the molecule is CCn1cc(C=O)c(Oc2ccccc2)n1. The third kappa shape index (κ3) is 2.11. The Labute approximate surface area is 93.5 Å². The van der Waals surface area contributed by atoms with Gasteiger partial charge in [0.05, 0.1) is 5.56 Å². The van der Waals surface area contributed by atoms with Gasteiger partial charge in [-0.25, -0.2) is 0 Å². The standard InChI is InChI=1S/C12H12N2O2/c1-2-14-8-10(9-15)12(13-14)16-11-6-4-3-5-7-11/h3-9H,2H2,1H3. The molecule has 0 fully saturated rings. The fourth-order valence-electron chi connectivity index (χ4n) is 1.34. The number of carbonyl (C=O) groups excluding carboxylic acids is 1. The van der Waals surface area contributed by atoms with Crippen LogP contribution in [0.4, 0.5) is 0 Å². The fraction of sp³-hybridized carbons (Fsp3) is 0.167. The summed E-state index contributed by atoms with van der Waals surface area (Å²) in [5.41, 5.74) is 0.464. The zero-order valence-electron chi connectivity index (χ0n) is 8.96. The highest BCUT2D eigenvalue weighted by atomic mass is 16.5. The number of aldehydes is 1. The van der Waals surface area contributed by atoms with Gasteiger partial charge in [0.2, 0.25) is 5.88 Å². The second kappa shape index (κ2) is 4.61. The van der Waals surface area contributed by atoms with Gasteiger partial charge in [-0.1, -0.05) is 18.2 Å². The van der Waals surface area contributed by atoms with Crippen LogP contribution in [0.3, 0.4) is 0 Å². The van der Waals surface area contributed by atoms with E-state index in [2.05, 4.69) is 5.10 Å². The third-order valence-corrected chi connectivity index (χ3v) is 2.16. The van der Waals surface area contributed by atoms with Gasteiger partial charge in [0.1, 0.15) is 5.75 Å². The van der Waals surface area contributed by atoms with Crippen LogP contribution < -0.4 is 4.74 Å². The smallest absolute Gasteiger partial charge is 0.248 e. The fourth-order valence-corrected chi connectivity index (χ4v) is 1.34. The Morgan fingerprint density at radius 3 is 2.75 bits per heavy atom. The first-order valence-corrected chi connectivity index (χ1v) is 5.09. The highest BCUT2D eigenvalue weighted by Gasteiger charge is 2.09. The number of benzene rings is 1. The lowest BCUT2D eigenvalue weighted by Gasteiger charge is -2.01. The molecule has 0 N–H and O–H groups in total. The van der Waals surface area contributed by atoms with Crippen LogP contribution in [0, 0.1) is 0 Å². The molecule has 0 saturated carbocycles. The van der Waals surface area contributed by atoms with Crippen LogP contribution in [0.5, 0.6) is 11.6 Å². The second-order valence-electron chi connectivity index (χ2n) is 3.28. The normalized spacial score (nSPS) is 10.1. The molecule has 82 valence electrons. The van der Waals surface area contributed by atoms with Gasteiger partial charge in [-0.3, -0.25) is 9.48 Å². The maximum atomic E-state index is 10.8. The molecule has 4 heteroatoms. The molecule has 2 rings (SSSR count). The largest absolute Gasteiger partial charge is 0.437 e. The molecule has 0 aliphatic carbocycles. The summed E-state index contributed by atoms with van der Waals surface area (Å²) in [6.45, 7) is 2.66. The molecule has 0 atom stereocenters. The molecule has 1 aromatic heterocycles. The molecule has 0 unspecified atom stereocenters. The van der Waals surface area contributed by atoms with E-state index in [1.807, 2.05) is 37.3 Å². The summed E-state index contributed by atoms with van der Waals surface area (Å²) in [6, 6.07) is 9.27. The molecule has 0 saturated heterocycles. The Balaban J connectivity index is 2.27. The van der Waals surface area contributed by atoms with Crippen molar-refractivity contribution >= 4 is 6.29 Å². The topological polar surface area (TPSA) is 44.1 Å². The van der Waals surface area contributed by atoms with Crippen molar-refractivity contribution in [3.8, 4) is 11.6 Å². The maximum Gasteiger partial charge on any atom is 0.248 e. The number of aryl methyl sites for hydroxylation is 1. The van der Waals surface area contributed by atoms with E-state index < -0.39 is 0 Å².